The number of aliphatic carboxylic acids is 1. The Bertz CT molecular complexity index is 461. The number of H-pyrrole nitrogens is 1. The Kier molecular flexibility index (Phi) is 3.70. The molecule has 19 heavy (non-hydrogen) atoms. The van der Waals surface area contributed by atoms with Crippen molar-refractivity contribution in [3.8, 4) is 0 Å². The van der Waals surface area contributed by atoms with E-state index in [1.54, 1.807) is 13.1 Å². The number of imidazole rings is 1. The highest BCUT2D eigenvalue weighted by atomic mass is 16.5. The predicted molar refractivity (Wildman–Crippen MR) is 64.3 cm³/mol. The standard InChI is InChI=1S/C11H16N4O4/c1-11(9(16)17)5-19-4-8(11)15-10(18)13-3-7-2-12-6-14-7/h2,6,8H,3-5H2,1H3,(H,12,14)(H,16,17)(H2,13,15,18). The van der Waals surface area contributed by atoms with Gasteiger partial charge < -0.3 is 25.5 Å². The van der Waals surface area contributed by atoms with Crippen molar-refractivity contribution in [2.75, 3.05) is 13.2 Å². The summed E-state index contributed by atoms with van der Waals surface area (Å²) in [5, 5.41) is 14.4. The molecule has 1 aromatic heterocycles. The topological polar surface area (TPSA) is 116 Å². The van der Waals surface area contributed by atoms with Gasteiger partial charge in [-0.25, -0.2) is 9.78 Å². The summed E-state index contributed by atoms with van der Waals surface area (Å²) < 4.78 is 5.15. The van der Waals surface area contributed by atoms with Crippen molar-refractivity contribution >= 4 is 12.0 Å². The highest BCUT2D eigenvalue weighted by molar-refractivity contribution is 5.79. The first-order valence-electron chi connectivity index (χ1n) is 5.85. The van der Waals surface area contributed by atoms with E-state index < -0.39 is 23.5 Å². The summed E-state index contributed by atoms with van der Waals surface area (Å²) in [6.45, 7) is 2.14. The fourth-order valence-electron chi connectivity index (χ4n) is 1.85. The number of aromatic amines is 1. The van der Waals surface area contributed by atoms with Gasteiger partial charge in [0.05, 0.1) is 37.8 Å². The quantitative estimate of drug-likeness (QED) is 0.598. The van der Waals surface area contributed by atoms with E-state index in [4.69, 9.17) is 4.74 Å². The van der Waals surface area contributed by atoms with E-state index in [1.165, 1.54) is 6.33 Å². The Balaban J connectivity index is 1.86. The number of rotatable bonds is 4. The molecule has 0 spiro atoms. The summed E-state index contributed by atoms with van der Waals surface area (Å²) in [6.07, 6.45) is 3.11. The number of amides is 2. The van der Waals surface area contributed by atoms with Gasteiger partial charge in [-0.15, -0.1) is 0 Å². The Hall–Kier alpha value is -2.09. The molecule has 1 saturated heterocycles. The molecule has 1 aliphatic rings. The van der Waals surface area contributed by atoms with Crippen LogP contribution in [0.2, 0.25) is 0 Å². The minimum Gasteiger partial charge on any atom is -0.481 e. The molecule has 0 aromatic carbocycles. The molecular weight excluding hydrogens is 252 g/mol. The Labute approximate surface area is 109 Å². The predicted octanol–water partition coefficient (Wildman–Crippen LogP) is -0.301. The monoisotopic (exact) mass is 268 g/mol. The molecule has 1 aliphatic heterocycles. The molecule has 8 nitrogen and oxygen atoms in total. The molecule has 0 aliphatic carbocycles. The average molecular weight is 268 g/mol. The maximum absolute atomic E-state index is 11.7. The summed E-state index contributed by atoms with van der Waals surface area (Å²) in [6, 6.07) is -0.982. The van der Waals surface area contributed by atoms with E-state index in [0.717, 1.165) is 5.69 Å². The highest BCUT2D eigenvalue weighted by Gasteiger charge is 2.47. The van der Waals surface area contributed by atoms with Crippen LogP contribution in [0, 0.1) is 5.41 Å². The highest BCUT2D eigenvalue weighted by Crippen LogP contribution is 2.28. The van der Waals surface area contributed by atoms with Crippen LogP contribution in [-0.2, 0) is 16.1 Å². The van der Waals surface area contributed by atoms with Gasteiger partial charge in [0.1, 0.15) is 5.41 Å². The lowest BCUT2D eigenvalue weighted by Gasteiger charge is -2.25. The molecule has 1 aromatic rings. The number of hydrogen-bond donors (Lipinski definition) is 4. The van der Waals surface area contributed by atoms with Crippen LogP contribution in [0.3, 0.4) is 0 Å². The Morgan fingerprint density at radius 2 is 2.47 bits per heavy atom. The van der Waals surface area contributed by atoms with Crippen molar-refractivity contribution in [3.05, 3.63) is 18.2 Å². The van der Waals surface area contributed by atoms with Crippen LogP contribution in [0.1, 0.15) is 12.6 Å². The average Bonchev–Trinajstić information content (AvgIpc) is 2.98. The maximum atomic E-state index is 11.7. The smallest absolute Gasteiger partial charge is 0.315 e. The minimum absolute atomic E-state index is 0.0911. The molecule has 2 amide bonds. The van der Waals surface area contributed by atoms with Crippen molar-refractivity contribution in [2.45, 2.75) is 19.5 Å². The summed E-state index contributed by atoms with van der Waals surface area (Å²) in [4.78, 5) is 29.6. The lowest BCUT2D eigenvalue weighted by atomic mass is 9.85. The third-order valence-electron chi connectivity index (χ3n) is 3.24. The zero-order chi connectivity index (χ0) is 13.9. The third-order valence-corrected chi connectivity index (χ3v) is 3.24. The second kappa shape index (κ2) is 5.27. The largest absolute Gasteiger partial charge is 0.481 e. The molecule has 0 bridgehead atoms. The molecule has 0 saturated carbocycles. The van der Waals surface area contributed by atoms with Gasteiger partial charge in [0.2, 0.25) is 0 Å². The van der Waals surface area contributed by atoms with Crippen molar-refractivity contribution in [1.82, 2.24) is 20.6 Å². The number of carboxylic acids is 1. The van der Waals surface area contributed by atoms with E-state index in [1.807, 2.05) is 0 Å². The molecule has 1 fully saturated rings. The molecule has 2 atom stereocenters. The van der Waals surface area contributed by atoms with E-state index in [2.05, 4.69) is 20.6 Å². The molecule has 2 unspecified atom stereocenters. The van der Waals surface area contributed by atoms with E-state index >= 15 is 0 Å². The molecule has 4 N–H and O–H groups in total. The number of ether oxygens (including phenoxy) is 1. The zero-order valence-electron chi connectivity index (χ0n) is 10.5. The van der Waals surface area contributed by atoms with Crippen molar-refractivity contribution < 1.29 is 19.4 Å². The number of nitrogens with zero attached hydrogens (tertiary/aromatic N) is 1. The fourth-order valence-corrected chi connectivity index (χ4v) is 1.85. The van der Waals surface area contributed by atoms with Crippen LogP contribution < -0.4 is 10.6 Å². The van der Waals surface area contributed by atoms with Crippen LogP contribution in [0.4, 0.5) is 4.79 Å². The zero-order valence-corrected chi connectivity index (χ0v) is 10.5. The van der Waals surface area contributed by atoms with Gasteiger partial charge in [0, 0.05) is 6.20 Å². The number of carbonyl (C=O) groups is 2. The number of carbonyl (C=O) groups excluding carboxylic acids is 1. The molecule has 8 heteroatoms. The van der Waals surface area contributed by atoms with Gasteiger partial charge in [-0.1, -0.05) is 0 Å². The van der Waals surface area contributed by atoms with Gasteiger partial charge in [-0.2, -0.15) is 0 Å². The van der Waals surface area contributed by atoms with Crippen LogP contribution in [0.25, 0.3) is 0 Å². The minimum atomic E-state index is -1.09. The molecule has 2 heterocycles. The van der Waals surface area contributed by atoms with Gasteiger partial charge in [-0.3, -0.25) is 4.79 Å². The Morgan fingerprint density at radius 3 is 3.11 bits per heavy atom. The van der Waals surface area contributed by atoms with E-state index in [9.17, 15) is 14.7 Å². The number of hydrogen-bond acceptors (Lipinski definition) is 4. The van der Waals surface area contributed by atoms with Crippen LogP contribution in [0.5, 0.6) is 0 Å². The lowest BCUT2D eigenvalue weighted by molar-refractivity contribution is -0.148. The van der Waals surface area contributed by atoms with E-state index in [0.29, 0.717) is 6.54 Å². The molecular formula is C11H16N4O4. The number of nitrogens with one attached hydrogen (secondary N) is 3. The summed E-state index contributed by atoms with van der Waals surface area (Å²) >= 11 is 0. The van der Waals surface area contributed by atoms with Crippen LogP contribution in [0.15, 0.2) is 12.5 Å². The van der Waals surface area contributed by atoms with Gasteiger partial charge in [-0.05, 0) is 6.92 Å². The SMILES string of the molecule is CC1(C(=O)O)COCC1NC(=O)NCc1cnc[nH]1. The van der Waals surface area contributed by atoms with Crippen molar-refractivity contribution in [3.63, 3.8) is 0 Å². The van der Waals surface area contributed by atoms with Crippen LogP contribution in [-0.4, -0.2) is 46.3 Å². The van der Waals surface area contributed by atoms with Gasteiger partial charge >= 0.3 is 12.0 Å². The van der Waals surface area contributed by atoms with Crippen molar-refractivity contribution in [1.29, 1.82) is 0 Å². The second-order valence-corrected chi connectivity index (χ2v) is 4.69. The van der Waals surface area contributed by atoms with Crippen LogP contribution >= 0.6 is 0 Å². The van der Waals surface area contributed by atoms with Gasteiger partial charge in [0.15, 0.2) is 0 Å². The fraction of sp³-hybridized carbons (Fsp3) is 0.545. The first-order valence-corrected chi connectivity index (χ1v) is 5.85. The second-order valence-electron chi connectivity index (χ2n) is 4.69. The summed E-state index contributed by atoms with van der Waals surface area (Å²) in [5.41, 5.74) is -0.329. The molecule has 104 valence electrons. The first kappa shape index (κ1) is 13.3. The van der Waals surface area contributed by atoms with Crippen molar-refractivity contribution in [2.24, 2.45) is 5.41 Å². The number of urea groups is 1. The first-order chi connectivity index (χ1) is 9.02. The number of carboxylic acid groups (broad SMARTS) is 1. The number of aromatic nitrogens is 2. The third kappa shape index (κ3) is 2.84. The van der Waals surface area contributed by atoms with E-state index in [-0.39, 0.29) is 13.2 Å². The lowest BCUT2D eigenvalue weighted by Crippen LogP contribution is -2.52. The summed E-state index contributed by atoms with van der Waals surface area (Å²) in [7, 11) is 0. The molecule has 0 radical (unpaired) electrons. The van der Waals surface area contributed by atoms with Gasteiger partial charge in [0.25, 0.3) is 0 Å². The normalized spacial score (nSPS) is 26.1. The molecule has 2 rings (SSSR count). The Morgan fingerprint density at radius 1 is 1.68 bits per heavy atom. The maximum Gasteiger partial charge on any atom is 0.315 e. The summed E-state index contributed by atoms with van der Waals surface area (Å²) in [5.74, 6) is -0.983.